The monoisotopic (exact) mass is 409 g/mol. The minimum absolute atomic E-state index is 0.0832. The van der Waals surface area contributed by atoms with Crippen LogP contribution in [0, 0.1) is 0 Å². The molecule has 1 aromatic heterocycles. The first kappa shape index (κ1) is 18.8. The van der Waals surface area contributed by atoms with Crippen LogP contribution in [-0.4, -0.2) is 77.9 Å². The molecule has 0 aliphatic carbocycles. The van der Waals surface area contributed by atoms with Gasteiger partial charge in [0.05, 0.1) is 0 Å². The molecule has 0 spiro atoms. The molecule has 1 aromatic rings. The number of carbonyl (C=O) groups excluding carboxylic acids is 1. The van der Waals surface area contributed by atoms with Gasteiger partial charge in [0.25, 0.3) is 0 Å². The van der Waals surface area contributed by atoms with Gasteiger partial charge < -0.3 is 0 Å². The van der Waals surface area contributed by atoms with Gasteiger partial charge in [-0.2, -0.15) is 0 Å². The van der Waals surface area contributed by atoms with E-state index in [4.69, 9.17) is 20.4 Å². The van der Waals surface area contributed by atoms with Crippen LogP contribution in [-0.2, 0) is 14.3 Å². The summed E-state index contributed by atoms with van der Waals surface area (Å²) in [6.45, 7) is -0.334. The molecule has 0 aromatic carbocycles. The quantitative estimate of drug-likeness (QED) is 0.187. The van der Waals surface area contributed by atoms with Crippen LogP contribution in [0.5, 0.6) is 0 Å². The van der Waals surface area contributed by atoms with Gasteiger partial charge in [-0.15, -0.1) is 0 Å². The van der Waals surface area contributed by atoms with E-state index in [1.54, 1.807) is 5.48 Å². The zero-order chi connectivity index (χ0) is 17.9. The summed E-state index contributed by atoms with van der Waals surface area (Å²) < 4.78 is 11.3. The molecule has 1 saturated heterocycles. The van der Waals surface area contributed by atoms with Gasteiger partial charge in [0, 0.05) is 0 Å². The summed E-state index contributed by atoms with van der Waals surface area (Å²) in [4.78, 5) is 26.9. The third-order valence-corrected chi connectivity index (χ3v) is 4.18. The van der Waals surface area contributed by atoms with Crippen molar-refractivity contribution >= 4 is 27.8 Å². The van der Waals surface area contributed by atoms with Gasteiger partial charge in [0.15, 0.2) is 0 Å². The summed E-state index contributed by atoms with van der Waals surface area (Å²) in [6, 6.07) is 0.433. The number of nitrogens with one attached hydrogen (secondary N) is 1. The summed E-state index contributed by atoms with van der Waals surface area (Å²) in [5, 5.41) is 29.0. The normalized spacial score (nSPS) is 27.7. The molecule has 11 nitrogen and oxygen atoms in total. The Morgan fingerprint density at radius 2 is 2.25 bits per heavy atom. The van der Waals surface area contributed by atoms with Gasteiger partial charge in [-0.1, -0.05) is 0 Å². The fraction of sp³-hybridized carbons (Fsp3) is 0.583. The van der Waals surface area contributed by atoms with E-state index in [1.807, 2.05) is 0 Å². The van der Waals surface area contributed by atoms with Crippen molar-refractivity contribution < 1.29 is 29.7 Å². The molecular weight excluding hydrogens is 391 g/mol. The molecule has 133 valence electrons. The average molecular weight is 408 g/mol. The van der Waals surface area contributed by atoms with Crippen LogP contribution in [0.2, 0.25) is 5.32 Å². The van der Waals surface area contributed by atoms with E-state index in [0.717, 1.165) is 4.57 Å². The van der Waals surface area contributed by atoms with Gasteiger partial charge in [-0.25, -0.2) is 0 Å². The average Bonchev–Trinajstić information content (AvgIpc) is 2.86. The Morgan fingerprint density at radius 3 is 2.83 bits per heavy atom. The van der Waals surface area contributed by atoms with Gasteiger partial charge >= 0.3 is 133 Å². The van der Waals surface area contributed by atoms with E-state index in [2.05, 4.69) is 21.0 Å². The second kappa shape index (κ2) is 8.03. The van der Waals surface area contributed by atoms with E-state index in [0.29, 0.717) is 0 Å². The molecule has 1 fully saturated rings. The first-order valence-electron chi connectivity index (χ1n) is 6.90. The van der Waals surface area contributed by atoms with Crippen LogP contribution in [0.25, 0.3) is 0 Å². The molecule has 6 N–H and O–H groups in total. The maximum absolute atomic E-state index is 11.9. The van der Waals surface area contributed by atoms with Crippen molar-refractivity contribution in [3.63, 3.8) is 0 Å². The number of nitrogens with zero attached hydrogens (tertiary/aromatic N) is 2. The SMILES string of the molecule is N[C@@H](C[Se])C(=O)OC[C@H]1O[C@@H](n2ccc(NO)nc2=O)[C@H](O)[C@@H]1O. The summed E-state index contributed by atoms with van der Waals surface area (Å²) in [7, 11) is 0. The number of carbonyl (C=O) groups is 1. The summed E-state index contributed by atoms with van der Waals surface area (Å²) in [5.74, 6) is -0.764. The molecule has 0 saturated carbocycles. The van der Waals surface area contributed by atoms with Crippen LogP contribution < -0.4 is 16.9 Å². The Kier molecular flexibility index (Phi) is 6.29. The molecule has 5 atom stereocenters. The number of hydrogen-bond acceptors (Lipinski definition) is 10. The Bertz CT molecular complexity index is 642. The van der Waals surface area contributed by atoms with Crippen molar-refractivity contribution in [2.75, 3.05) is 12.1 Å². The van der Waals surface area contributed by atoms with Crippen LogP contribution in [0.3, 0.4) is 0 Å². The molecule has 0 amide bonds. The Hall–Kier alpha value is -1.53. The van der Waals surface area contributed by atoms with Crippen molar-refractivity contribution in [1.82, 2.24) is 9.55 Å². The molecule has 12 heteroatoms. The summed E-state index contributed by atoms with van der Waals surface area (Å²) in [6.07, 6.45) is -3.84. The maximum atomic E-state index is 11.9. The number of aromatic nitrogens is 2. The van der Waals surface area contributed by atoms with E-state index in [9.17, 15) is 19.8 Å². The second-order valence-corrected chi connectivity index (χ2v) is 5.76. The number of aliphatic hydroxyl groups is 2. The van der Waals surface area contributed by atoms with Crippen molar-refractivity contribution in [2.45, 2.75) is 35.9 Å². The molecule has 2 heterocycles. The van der Waals surface area contributed by atoms with Gasteiger partial charge in [-0.3, -0.25) is 10.7 Å². The van der Waals surface area contributed by atoms with E-state index in [1.165, 1.54) is 12.3 Å². The van der Waals surface area contributed by atoms with Gasteiger partial charge in [0.2, 0.25) is 0 Å². The molecule has 1 aliphatic rings. The molecule has 1 radical (unpaired) electrons. The van der Waals surface area contributed by atoms with Gasteiger partial charge in [-0.05, 0) is 0 Å². The molecule has 0 bridgehead atoms. The van der Waals surface area contributed by atoms with Crippen LogP contribution in [0.4, 0.5) is 5.82 Å². The molecule has 0 unspecified atom stereocenters. The predicted octanol–water partition coefficient (Wildman–Crippen LogP) is -2.88. The molecule has 2 rings (SSSR count). The summed E-state index contributed by atoms with van der Waals surface area (Å²) in [5.41, 5.74) is 6.39. The molecular formula is C12H17N4O7Se. The van der Waals surface area contributed by atoms with Crippen LogP contribution in [0.15, 0.2) is 17.1 Å². The zero-order valence-electron chi connectivity index (χ0n) is 12.3. The molecule has 24 heavy (non-hydrogen) atoms. The van der Waals surface area contributed by atoms with E-state index < -0.39 is 42.2 Å². The third-order valence-electron chi connectivity index (χ3n) is 3.43. The zero-order valence-corrected chi connectivity index (χ0v) is 14.0. The number of hydrogen-bond donors (Lipinski definition) is 5. The summed E-state index contributed by atoms with van der Waals surface area (Å²) >= 11 is 2.60. The number of rotatable bonds is 6. The topological polar surface area (TPSA) is 169 Å². The Morgan fingerprint density at radius 1 is 1.54 bits per heavy atom. The first-order valence-corrected chi connectivity index (χ1v) is 8.11. The number of aliphatic hydroxyl groups excluding tert-OH is 2. The number of anilines is 1. The van der Waals surface area contributed by atoms with E-state index >= 15 is 0 Å². The Balaban J connectivity index is 2.07. The van der Waals surface area contributed by atoms with E-state index in [-0.39, 0.29) is 17.7 Å². The fourth-order valence-electron chi connectivity index (χ4n) is 2.10. The van der Waals surface area contributed by atoms with Crippen molar-refractivity contribution in [3.05, 3.63) is 22.7 Å². The number of esters is 1. The number of nitrogens with two attached hydrogens (primary N) is 1. The van der Waals surface area contributed by atoms with Crippen molar-refractivity contribution in [3.8, 4) is 0 Å². The standard InChI is InChI=1S/C12H17N4O7Se/c13-5(4-24)11(19)22-3-6-8(17)9(18)10(23-6)16-2-1-7(15-21)14-12(16)20/h1-2,5-6,8-10,17-18,21H,3-4,13H2,(H,14,15,20)/t5-,6+,8+,9+,10+/m0/s1. The third kappa shape index (κ3) is 3.92. The van der Waals surface area contributed by atoms with Crippen molar-refractivity contribution in [2.24, 2.45) is 5.73 Å². The van der Waals surface area contributed by atoms with Gasteiger partial charge in [0.1, 0.15) is 0 Å². The second-order valence-electron chi connectivity index (χ2n) is 5.06. The Labute approximate surface area is 144 Å². The minimum atomic E-state index is -1.44. The van der Waals surface area contributed by atoms with Crippen molar-refractivity contribution in [1.29, 1.82) is 0 Å². The predicted molar refractivity (Wildman–Crippen MR) is 79.3 cm³/mol. The van der Waals surface area contributed by atoms with Crippen LogP contribution in [0.1, 0.15) is 6.23 Å². The molecule has 1 aliphatic heterocycles. The first-order chi connectivity index (χ1) is 11.4. The van der Waals surface area contributed by atoms with Crippen LogP contribution >= 0.6 is 0 Å². The fourth-order valence-corrected chi connectivity index (χ4v) is 2.39. The number of ether oxygens (including phenoxy) is 2.